The van der Waals surface area contributed by atoms with Gasteiger partial charge in [0, 0.05) is 6.08 Å². The predicted molar refractivity (Wildman–Crippen MR) is 84.1 cm³/mol. The summed E-state index contributed by atoms with van der Waals surface area (Å²) in [6.07, 6.45) is -4.69. The van der Waals surface area contributed by atoms with E-state index in [0.717, 1.165) is 6.08 Å². The van der Waals surface area contributed by atoms with Crippen molar-refractivity contribution in [1.82, 2.24) is 0 Å². The monoisotopic (exact) mass is 356 g/mol. The highest BCUT2D eigenvalue weighted by Crippen LogP contribution is 2.32. The maximum Gasteiger partial charge on any atom is 0.328 e. The van der Waals surface area contributed by atoms with Gasteiger partial charge < -0.3 is 39.7 Å². The number of aliphatic hydroxyl groups is 4. The van der Waals surface area contributed by atoms with Gasteiger partial charge in [-0.1, -0.05) is 6.07 Å². The highest BCUT2D eigenvalue weighted by molar-refractivity contribution is 5.85. The summed E-state index contributed by atoms with van der Waals surface area (Å²) in [7, 11) is 1.38. The lowest BCUT2D eigenvalue weighted by atomic mass is 9.99. The summed E-state index contributed by atoms with van der Waals surface area (Å²) >= 11 is 0. The third-order valence-corrected chi connectivity index (χ3v) is 3.70. The van der Waals surface area contributed by atoms with E-state index in [1.54, 1.807) is 6.07 Å². The van der Waals surface area contributed by atoms with Crippen LogP contribution in [0, 0.1) is 0 Å². The van der Waals surface area contributed by atoms with Gasteiger partial charge in [-0.15, -0.1) is 0 Å². The minimum Gasteiger partial charge on any atom is -0.493 e. The van der Waals surface area contributed by atoms with E-state index < -0.39 is 43.3 Å². The third kappa shape index (κ3) is 4.47. The van der Waals surface area contributed by atoms with Crippen molar-refractivity contribution in [2.24, 2.45) is 0 Å². The molecule has 1 saturated heterocycles. The number of aliphatic hydroxyl groups excluding tert-OH is 4. The van der Waals surface area contributed by atoms with Crippen LogP contribution < -0.4 is 9.47 Å². The molecule has 9 nitrogen and oxygen atoms in total. The number of carbonyl (C=O) groups is 1. The number of carboxylic acid groups (broad SMARTS) is 1. The molecule has 0 aliphatic carbocycles. The van der Waals surface area contributed by atoms with Crippen molar-refractivity contribution >= 4 is 12.0 Å². The maximum absolute atomic E-state index is 10.6. The summed E-state index contributed by atoms with van der Waals surface area (Å²) in [5.74, 6) is -0.690. The Balaban J connectivity index is 2.19. The molecule has 0 spiro atoms. The van der Waals surface area contributed by atoms with Crippen LogP contribution >= 0.6 is 0 Å². The quantitative estimate of drug-likeness (QED) is 0.404. The Labute approximate surface area is 143 Å². The number of hydrogen-bond acceptors (Lipinski definition) is 8. The predicted octanol–water partition coefficient (Wildman–Crippen LogP) is -1.03. The third-order valence-electron chi connectivity index (χ3n) is 3.70. The first-order chi connectivity index (χ1) is 11.9. The van der Waals surface area contributed by atoms with E-state index in [1.165, 1.54) is 25.3 Å². The number of carboxylic acids is 1. The van der Waals surface area contributed by atoms with E-state index in [0.29, 0.717) is 5.56 Å². The molecule has 0 aromatic heterocycles. The summed E-state index contributed by atoms with van der Waals surface area (Å²) in [6, 6.07) is 4.54. The molecule has 25 heavy (non-hydrogen) atoms. The number of ether oxygens (including phenoxy) is 3. The van der Waals surface area contributed by atoms with Crippen molar-refractivity contribution in [3.63, 3.8) is 0 Å². The standard InChI is InChI=1S/C16H20O9/c1-23-10-6-8(3-5-12(18)19)2-4-9(10)24-16-15(22)14(21)13(20)11(7-17)25-16/h2-6,11,13-17,20-22H,7H2,1H3,(H,18,19)/b5-3+/t11-,13+,14+,15-,16-/m1/s1. The SMILES string of the molecule is COc1cc(/C=C/C(=O)O)ccc1O[C@@H]1O[C@H](CO)[C@H](O)[C@H](O)[C@H]1O. The van der Waals surface area contributed by atoms with Gasteiger partial charge in [0.05, 0.1) is 13.7 Å². The molecule has 5 N–H and O–H groups in total. The van der Waals surface area contributed by atoms with Crippen LogP contribution in [0.15, 0.2) is 24.3 Å². The zero-order valence-corrected chi connectivity index (χ0v) is 13.3. The van der Waals surface area contributed by atoms with Crippen molar-refractivity contribution in [3.05, 3.63) is 29.8 Å². The van der Waals surface area contributed by atoms with Crippen LogP contribution in [0.1, 0.15) is 5.56 Å². The van der Waals surface area contributed by atoms with Gasteiger partial charge in [0.25, 0.3) is 0 Å². The fourth-order valence-electron chi connectivity index (χ4n) is 2.34. The molecule has 0 unspecified atom stereocenters. The van der Waals surface area contributed by atoms with Crippen LogP contribution in [-0.2, 0) is 9.53 Å². The number of hydrogen-bond donors (Lipinski definition) is 5. The van der Waals surface area contributed by atoms with E-state index in [4.69, 9.17) is 19.3 Å². The highest BCUT2D eigenvalue weighted by Gasteiger charge is 2.44. The van der Waals surface area contributed by atoms with Gasteiger partial charge >= 0.3 is 5.97 Å². The summed E-state index contributed by atoms with van der Waals surface area (Å²) < 4.78 is 15.9. The van der Waals surface area contributed by atoms with Gasteiger partial charge in [0.2, 0.25) is 6.29 Å². The molecule has 138 valence electrons. The van der Waals surface area contributed by atoms with Gasteiger partial charge in [0.1, 0.15) is 24.4 Å². The van der Waals surface area contributed by atoms with Crippen molar-refractivity contribution < 1.29 is 44.5 Å². The minimum atomic E-state index is -1.56. The topological polar surface area (TPSA) is 146 Å². The molecule has 1 aromatic carbocycles. The molecule has 0 saturated carbocycles. The van der Waals surface area contributed by atoms with Crippen molar-refractivity contribution in [3.8, 4) is 11.5 Å². The van der Waals surface area contributed by atoms with E-state index >= 15 is 0 Å². The maximum atomic E-state index is 10.6. The van der Waals surface area contributed by atoms with Gasteiger partial charge in [0.15, 0.2) is 11.5 Å². The second-order valence-corrected chi connectivity index (χ2v) is 5.40. The second kappa shape index (κ2) is 8.28. The molecular weight excluding hydrogens is 336 g/mol. The minimum absolute atomic E-state index is 0.166. The first kappa shape index (κ1) is 19.2. The molecule has 1 heterocycles. The van der Waals surface area contributed by atoms with Crippen LogP contribution in [0.5, 0.6) is 11.5 Å². The van der Waals surface area contributed by atoms with E-state index in [9.17, 15) is 25.2 Å². The lowest BCUT2D eigenvalue weighted by molar-refractivity contribution is -0.277. The fourth-order valence-corrected chi connectivity index (χ4v) is 2.34. The Bertz CT molecular complexity index is 628. The normalized spacial score (nSPS) is 29.6. The van der Waals surface area contributed by atoms with E-state index in [-0.39, 0.29) is 11.5 Å². The summed E-state index contributed by atoms with van der Waals surface area (Å²) in [4.78, 5) is 10.6. The molecule has 9 heteroatoms. The van der Waals surface area contributed by atoms with Crippen molar-refractivity contribution in [2.75, 3.05) is 13.7 Å². The lowest BCUT2D eigenvalue weighted by Crippen LogP contribution is -2.60. The number of aliphatic carboxylic acids is 1. The number of rotatable bonds is 6. The number of methoxy groups -OCH3 is 1. The van der Waals surface area contributed by atoms with Gasteiger partial charge in [-0.2, -0.15) is 0 Å². The van der Waals surface area contributed by atoms with Crippen LogP contribution in [0.4, 0.5) is 0 Å². The molecule has 5 atom stereocenters. The van der Waals surface area contributed by atoms with Gasteiger partial charge in [-0.05, 0) is 23.8 Å². The zero-order valence-electron chi connectivity index (χ0n) is 13.3. The van der Waals surface area contributed by atoms with Gasteiger partial charge in [-0.25, -0.2) is 4.79 Å². The molecule has 1 aliphatic rings. The molecule has 1 aliphatic heterocycles. The van der Waals surface area contributed by atoms with Crippen molar-refractivity contribution in [1.29, 1.82) is 0 Å². The second-order valence-electron chi connectivity index (χ2n) is 5.40. The highest BCUT2D eigenvalue weighted by atomic mass is 16.7. The number of benzene rings is 1. The summed E-state index contributed by atoms with van der Waals surface area (Å²) in [5.41, 5.74) is 0.542. The lowest BCUT2D eigenvalue weighted by Gasteiger charge is -2.39. The molecule has 0 amide bonds. The van der Waals surface area contributed by atoms with Crippen LogP contribution in [0.2, 0.25) is 0 Å². The molecule has 0 bridgehead atoms. The van der Waals surface area contributed by atoms with Crippen LogP contribution in [0.25, 0.3) is 6.08 Å². The zero-order chi connectivity index (χ0) is 18.6. The Kier molecular flexibility index (Phi) is 6.34. The Morgan fingerprint density at radius 3 is 2.52 bits per heavy atom. The van der Waals surface area contributed by atoms with E-state index in [2.05, 4.69) is 0 Å². The summed E-state index contributed by atoms with van der Waals surface area (Å²) in [5, 5.41) is 47.3. The van der Waals surface area contributed by atoms with Gasteiger partial charge in [-0.3, -0.25) is 0 Å². The molecular formula is C16H20O9. The molecule has 2 rings (SSSR count). The average Bonchev–Trinajstić information content (AvgIpc) is 2.60. The first-order valence-electron chi connectivity index (χ1n) is 7.43. The average molecular weight is 356 g/mol. The summed E-state index contributed by atoms with van der Waals surface area (Å²) in [6.45, 7) is -0.569. The molecule has 0 radical (unpaired) electrons. The largest absolute Gasteiger partial charge is 0.493 e. The molecule has 1 fully saturated rings. The van der Waals surface area contributed by atoms with Crippen LogP contribution in [0.3, 0.4) is 0 Å². The van der Waals surface area contributed by atoms with Crippen molar-refractivity contribution in [2.45, 2.75) is 30.7 Å². The van der Waals surface area contributed by atoms with E-state index in [1.807, 2.05) is 0 Å². The Morgan fingerprint density at radius 2 is 1.92 bits per heavy atom. The van der Waals surface area contributed by atoms with Crippen LogP contribution in [-0.4, -0.2) is 75.9 Å². The fraction of sp³-hybridized carbons (Fsp3) is 0.438. The smallest absolute Gasteiger partial charge is 0.328 e. The molecule has 1 aromatic rings. The Hall–Kier alpha value is -2.17. The Morgan fingerprint density at radius 1 is 1.20 bits per heavy atom. The first-order valence-corrected chi connectivity index (χ1v) is 7.43.